The highest BCUT2D eigenvalue weighted by atomic mass is 35.5. The number of hydrogen-bond acceptors (Lipinski definition) is 4. The van der Waals surface area contributed by atoms with E-state index < -0.39 is 34.5 Å². The standard InChI is InChI=1S/C17H16Cl2FNO4S/c1-11(2)25-17(22)10-21(16-9-12(18)3-8-15(16)19)26(23,24)14-6-4-13(20)5-7-14/h3-9,11H,10H2,1-2H3. The van der Waals surface area contributed by atoms with Crippen molar-refractivity contribution in [2.75, 3.05) is 10.8 Å². The Morgan fingerprint density at radius 2 is 1.77 bits per heavy atom. The minimum atomic E-state index is -4.22. The number of nitrogens with zero attached hydrogens (tertiary/aromatic N) is 1. The smallest absolute Gasteiger partial charge is 0.327 e. The summed E-state index contributed by atoms with van der Waals surface area (Å²) in [6.07, 6.45) is -0.423. The van der Waals surface area contributed by atoms with Gasteiger partial charge in [-0.15, -0.1) is 0 Å². The summed E-state index contributed by atoms with van der Waals surface area (Å²) >= 11 is 12.1. The summed E-state index contributed by atoms with van der Waals surface area (Å²) in [6, 6.07) is 8.46. The molecule has 0 unspecified atom stereocenters. The van der Waals surface area contributed by atoms with Gasteiger partial charge in [0.25, 0.3) is 10.0 Å². The molecule has 0 radical (unpaired) electrons. The van der Waals surface area contributed by atoms with Crippen molar-refractivity contribution >= 4 is 44.9 Å². The summed E-state index contributed by atoms with van der Waals surface area (Å²) in [4.78, 5) is 11.9. The molecule has 0 N–H and O–H groups in total. The molecule has 0 aromatic heterocycles. The molecule has 9 heteroatoms. The first kappa shape index (κ1) is 20.5. The second-order valence-electron chi connectivity index (χ2n) is 5.60. The van der Waals surface area contributed by atoms with Crippen molar-refractivity contribution in [3.8, 4) is 0 Å². The Balaban J connectivity index is 2.54. The number of ether oxygens (including phenoxy) is 1. The second kappa shape index (κ2) is 8.24. The van der Waals surface area contributed by atoms with Crippen LogP contribution in [0.15, 0.2) is 47.4 Å². The van der Waals surface area contributed by atoms with E-state index >= 15 is 0 Å². The average Bonchev–Trinajstić information content (AvgIpc) is 2.54. The summed E-state index contributed by atoms with van der Waals surface area (Å²) in [5.74, 6) is -1.35. The molecular weight excluding hydrogens is 404 g/mol. The Morgan fingerprint density at radius 3 is 2.35 bits per heavy atom. The van der Waals surface area contributed by atoms with Crippen LogP contribution in [0.2, 0.25) is 10.0 Å². The van der Waals surface area contributed by atoms with Crippen molar-refractivity contribution in [3.63, 3.8) is 0 Å². The van der Waals surface area contributed by atoms with Crippen LogP contribution in [0.3, 0.4) is 0 Å². The third-order valence-electron chi connectivity index (χ3n) is 3.22. The molecule has 26 heavy (non-hydrogen) atoms. The van der Waals surface area contributed by atoms with Gasteiger partial charge in [0.1, 0.15) is 12.4 Å². The summed E-state index contributed by atoms with van der Waals surface area (Å²) in [6.45, 7) is 2.67. The number of sulfonamides is 1. The van der Waals surface area contributed by atoms with E-state index in [-0.39, 0.29) is 20.6 Å². The highest BCUT2D eigenvalue weighted by Crippen LogP contribution is 2.33. The highest BCUT2D eigenvalue weighted by molar-refractivity contribution is 7.92. The van der Waals surface area contributed by atoms with E-state index in [0.29, 0.717) is 0 Å². The Labute approximate surface area is 161 Å². The van der Waals surface area contributed by atoms with Crippen LogP contribution >= 0.6 is 23.2 Å². The lowest BCUT2D eigenvalue weighted by molar-refractivity contribution is -0.145. The van der Waals surface area contributed by atoms with Crippen molar-refractivity contribution in [2.45, 2.75) is 24.8 Å². The van der Waals surface area contributed by atoms with Crippen molar-refractivity contribution in [2.24, 2.45) is 0 Å². The summed E-state index contributed by atoms with van der Waals surface area (Å²) in [5.41, 5.74) is 0.0178. The van der Waals surface area contributed by atoms with Crippen LogP contribution in [0.5, 0.6) is 0 Å². The third-order valence-corrected chi connectivity index (χ3v) is 5.55. The van der Waals surface area contributed by atoms with Crippen molar-refractivity contribution in [1.82, 2.24) is 0 Å². The molecule has 0 saturated heterocycles. The van der Waals surface area contributed by atoms with Gasteiger partial charge in [-0.1, -0.05) is 23.2 Å². The average molecular weight is 420 g/mol. The maximum atomic E-state index is 13.1. The molecule has 0 saturated carbocycles. The maximum absolute atomic E-state index is 13.1. The molecule has 0 fully saturated rings. The first-order valence-electron chi connectivity index (χ1n) is 7.54. The number of carbonyl (C=O) groups is 1. The largest absolute Gasteiger partial charge is 0.462 e. The van der Waals surface area contributed by atoms with Crippen LogP contribution in [0.4, 0.5) is 10.1 Å². The molecule has 0 aliphatic rings. The van der Waals surface area contributed by atoms with E-state index in [0.717, 1.165) is 28.6 Å². The highest BCUT2D eigenvalue weighted by Gasteiger charge is 2.29. The lowest BCUT2D eigenvalue weighted by Crippen LogP contribution is -2.37. The number of rotatable bonds is 6. The fourth-order valence-electron chi connectivity index (χ4n) is 2.13. The lowest BCUT2D eigenvalue weighted by Gasteiger charge is -2.25. The fourth-order valence-corrected chi connectivity index (χ4v) is 3.98. The Kier molecular flexibility index (Phi) is 6.49. The molecule has 0 bridgehead atoms. The van der Waals surface area contributed by atoms with Crippen molar-refractivity contribution in [3.05, 3.63) is 58.3 Å². The van der Waals surface area contributed by atoms with Crippen LogP contribution in [0.1, 0.15) is 13.8 Å². The van der Waals surface area contributed by atoms with Gasteiger partial charge in [0.15, 0.2) is 0 Å². The zero-order chi connectivity index (χ0) is 19.5. The van der Waals surface area contributed by atoms with Gasteiger partial charge in [0.2, 0.25) is 0 Å². The van der Waals surface area contributed by atoms with Gasteiger partial charge in [-0.05, 0) is 56.3 Å². The molecule has 0 amide bonds. The number of hydrogen-bond donors (Lipinski definition) is 0. The molecular formula is C17H16Cl2FNO4S. The molecule has 0 atom stereocenters. The molecule has 2 aromatic carbocycles. The molecule has 0 heterocycles. The van der Waals surface area contributed by atoms with Crippen LogP contribution in [-0.2, 0) is 19.6 Å². The fraction of sp³-hybridized carbons (Fsp3) is 0.235. The molecule has 140 valence electrons. The maximum Gasteiger partial charge on any atom is 0.327 e. The van der Waals surface area contributed by atoms with E-state index in [1.807, 2.05) is 0 Å². The Bertz CT molecular complexity index is 901. The number of carbonyl (C=O) groups excluding carboxylic acids is 1. The normalized spacial score (nSPS) is 11.5. The van der Waals surface area contributed by atoms with E-state index in [2.05, 4.69) is 0 Å². The SMILES string of the molecule is CC(C)OC(=O)CN(c1cc(Cl)ccc1Cl)S(=O)(=O)c1ccc(F)cc1. The third kappa shape index (κ3) is 4.87. The van der Waals surface area contributed by atoms with Crippen LogP contribution in [-0.4, -0.2) is 27.0 Å². The van der Waals surface area contributed by atoms with E-state index in [9.17, 15) is 17.6 Å². The zero-order valence-corrected chi connectivity index (χ0v) is 16.3. The van der Waals surface area contributed by atoms with Crippen molar-refractivity contribution < 1.29 is 22.3 Å². The minimum Gasteiger partial charge on any atom is -0.462 e. The topological polar surface area (TPSA) is 63.7 Å². The zero-order valence-electron chi connectivity index (χ0n) is 13.9. The summed E-state index contributed by atoms with van der Waals surface area (Å²) in [7, 11) is -4.22. The number of esters is 1. The number of anilines is 1. The van der Waals surface area contributed by atoms with Crippen LogP contribution in [0.25, 0.3) is 0 Å². The molecule has 0 aliphatic heterocycles. The van der Waals surface area contributed by atoms with Gasteiger partial charge in [0, 0.05) is 5.02 Å². The van der Waals surface area contributed by atoms with E-state index in [4.69, 9.17) is 27.9 Å². The van der Waals surface area contributed by atoms with Gasteiger partial charge in [-0.25, -0.2) is 12.8 Å². The molecule has 2 aromatic rings. The number of halogens is 3. The Morgan fingerprint density at radius 1 is 1.15 bits per heavy atom. The van der Waals surface area contributed by atoms with E-state index in [1.54, 1.807) is 13.8 Å². The summed E-state index contributed by atoms with van der Waals surface area (Å²) in [5, 5.41) is 0.318. The molecule has 5 nitrogen and oxygen atoms in total. The minimum absolute atomic E-state index is 0.0178. The quantitative estimate of drug-likeness (QED) is 0.655. The van der Waals surface area contributed by atoms with Gasteiger partial charge in [-0.3, -0.25) is 9.10 Å². The van der Waals surface area contributed by atoms with Gasteiger partial charge >= 0.3 is 5.97 Å². The monoisotopic (exact) mass is 419 g/mol. The van der Waals surface area contributed by atoms with Gasteiger partial charge in [0.05, 0.1) is 21.7 Å². The van der Waals surface area contributed by atoms with Gasteiger partial charge in [-0.2, -0.15) is 0 Å². The second-order valence-corrected chi connectivity index (χ2v) is 8.31. The molecule has 2 rings (SSSR count). The lowest BCUT2D eigenvalue weighted by atomic mass is 10.3. The Hall–Kier alpha value is -1.83. The van der Waals surface area contributed by atoms with Gasteiger partial charge < -0.3 is 4.74 Å². The van der Waals surface area contributed by atoms with E-state index in [1.165, 1.54) is 18.2 Å². The predicted octanol–water partition coefficient (Wildman–Crippen LogP) is 4.28. The van der Waals surface area contributed by atoms with Crippen molar-refractivity contribution in [1.29, 1.82) is 0 Å². The predicted molar refractivity (Wildman–Crippen MR) is 98.6 cm³/mol. The molecule has 0 spiro atoms. The van der Waals surface area contributed by atoms with Crippen LogP contribution < -0.4 is 4.31 Å². The number of benzene rings is 2. The first-order valence-corrected chi connectivity index (χ1v) is 9.73. The van der Waals surface area contributed by atoms with Crippen LogP contribution in [0, 0.1) is 5.82 Å². The first-order chi connectivity index (χ1) is 12.1. The molecule has 0 aliphatic carbocycles. The summed E-state index contributed by atoms with van der Waals surface area (Å²) < 4.78 is 45.0.